The van der Waals surface area contributed by atoms with Crippen molar-refractivity contribution in [3.8, 4) is 28.3 Å². The molecular weight excluding hydrogens is 424 g/mol. The van der Waals surface area contributed by atoms with Crippen LogP contribution < -0.4 is 9.47 Å². The molecule has 1 saturated carbocycles. The second-order valence-electron chi connectivity index (χ2n) is 7.59. The number of nitrogens with zero attached hydrogens (tertiary/aromatic N) is 6. The van der Waals surface area contributed by atoms with Gasteiger partial charge in [0.25, 0.3) is 0 Å². The van der Waals surface area contributed by atoms with E-state index in [0.717, 1.165) is 24.1 Å². The second-order valence-corrected chi connectivity index (χ2v) is 7.59. The van der Waals surface area contributed by atoms with E-state index in [4.69, 9.17) is 14.2 Å². The lowest BCUT2D eigenvalue weighted by Gasteiger charge is -2.09. The molecule has 0 atom stereocenters. The summed E-state index contributed by atoms with van der Waals surface area (Å²) in [4.78, 5) is 13.1. The molecule has 10 heteroatoms. The molecule has 0 amide bonds. The van der Waals surface area contributed by atoms with Crippen molar-refractivity contribution in [1.82, 2.24) is 30.0 Å². The zero-order valence-corrected chi connectivity index (χ0v) is 18.2. The van der Waals surface area contributed by atoms with Gasteiger partial charge in [-0.1, -0.05) is 24.3 Å². The van der Waals surface area contributed by atoms with Crippen LogP contribution in [0, 0.1) is 0 Å². The zero-order valence-electron chi connectivity index (χ0n) is 18.2. The third-order valence-corrected chi connectivity index (χ3v) is 5.41. The van der Waals surface area contributed by atoms with Crippen molar-refractivity contribution in [3.63, 3.8) is 0 Å². The Balaban J connectivity index is 1.49. The lowest BCUT2D eigenvalue weighted by molar-refractivity contribution is 0.0449. The van der Waals surface area contributed by atoms with E-state index < -0.39 is 5.97 Å². The van der Waals surface area contributed by atoms with Gasteiger partial charge in [0.05, 0.1) is 25.9 Å². The van der Waals surface area contributed by atoms with E-state index in [0.29, 0.717) is 22.9 Å². The number of benzene rings is 2. The number of para-hydroxylation sites is 1. The van der Waals surface area contributed by atoms with E-state index in [1.807, 2.05) is 36.4 Å². The quantitative estimate of drug-likeness (QED) is 0.380. The number of carbonyl (C=O) groups excluding carboxylic acids is 1. The standard InChI is InChI=1S/C23H22N6O4/c1-31-19-11-8-15(12-20(19)32-2)18-13-28(16-6-4-3-5-7-16)25-22(18)23(30)33-14-21-24-26-27-29(21)17-9-10-17/h3-8,11-13,17H,9-10,14H2,1-2H3. The summed E-state index contributed by atoms with van der Waals surface area (Å²) >= 11 is 0. The molecule has 0 spiro atoms. The highest BCUT2D eigenvalue weighted by Gasteiger charge is 2.29. The van der Waals surface area contributed by atoms with Crippen molar-refractivity contribution in [1.29, 1.82) is 0 Å². The molecular formula is C23H22N6O4. The fourth-order valence-corrected chi connectivity index (χ4v) is 3.56. The number of methoxy groups -OCH3 is 2. The molecule has 0 bridgehead atoms. The molecule has 0 unspecified atom stereocenters. The SMILES string of the molecule is COc1ccc(-c2cn(-c3ccccc3)nc2C(=O)OCc2nnnn2C2CC2)cc1OC. The molecule has 0 saturated heterocycles. The Morgan fingerprint density at radius 3 is 2.58 bits per heavy atom. The summed E-state index contributed by atoms with van der Waals surface area (Å²) in [6.45, 7) is -0.0358. The molecule has 1 aliphatic carbocycles. The Morgan fingerprint density at radius 2 is 1.85 bits per heavy atom. The van der Waals surface area contributed by atoms with Gasteiger partial charge in [-0.05, 0) is 53.1 Å². The van der Waals surface area contributed by atoms with Gasteiger partial charge in [0.2, 0.25) is 0 Å². The number of tetrazole rings is 1. The summed E-state index contributed by atoms with van der Waals surface area (Å²) in [7, 11) is 3.14. The van der Waals surface area contributed by atoms with Crippen LogP contribution in [-0.4, -0.2) is 50.2 Å². The molecule has 0 radical (unpaired) electrons. The maximum atomic E-state index is 13.1. The number of ether oxygens (including phenoxy) is 3. The van der Waals surface area contributed by atoms with Gasteiger partial charge in [-0.2, -0.15) is 5.10 Å². The summed E-state index contributed by atoms with van der Waals surface area (Å²) in [6, 6.07) is 15.3. The minimum atomic E-state index is -0.570. The number of carbonyl (C=O) groups is 1. The van der Waals surface area contributed by atoms with Gasteiger partial charge < -0.3 is 14.2 Å². The zero-order chi connectivity index (χ0) is 22.8. The van der Waals surface area contributed by atoms with Crippen molar-refractivity contribution in [3.05, 3.63) is 66.2 Å². The van der Waals surface area contributed by atoms with E-state index in [1.54, 1.807) is 41.9 Å². The minimum absolute atomic E-state index is 0.0358. The summed E-state index contributed by atoms with van der Waals surface area (Å²) in [6.07, 6.45) is 3.84. The van der Waals surface area contributed by atoms with E-state index in [9.17, 15) is 4.79 Å². The van der Waals surface area contributed by atoms with E-state index in [-0.39, 0.29) is 18.3 Å². The summed E-state index contributed by atoms with van der Waals surface area (Å²) in [5, 5.41) is 16.2. The van der Waals surface area contributed by atoms with Crippen LogP contribution in [0.2, 0.25) is 0 Å². The first kappa shape index (κ1) is 20.7. The van der Waals surface area contributed by atoms with Gasteiger partial charge in [-0.3, -0.25) is 0 Å². The van der Waals surface area contributed by atoms with E-state index >= 15 is 0 Å². The molecule has 33 heavy (non-hydrogen) atoms. The van der Waals surface area contributed by atoms with Crippen LogP contribution in [0.3, 0.4) is 0 Å². The van der Waals surface area contributed by atoms with Crippen molar-refractivity contribution >= 4 is 5.97 Å². The Bertz CT molecular complexity index is 1280. The van der Waals surface area contributed by atoms with Gasteiger partial charge in [0.15, 0.2) is 29.6 Å². The molecule has 1 fully saturated rings. The molecule has 0 N–H and O–H groups in total. The van der Waals surface area contributed by atoms with Gasteiger partial charge in [-0.25, -0.2) is 14.2 Å². The van der Waals surface area contributed by atoms with Crippen LogP contribution in [0.5, 0.6) is 11.5 Å². The number of hydrogen-bond acceptors (Lipinski definition) is 8. The normalized spacial score (nSPS) is 13.0. The number of hydrogen-bond donors (Lipinski definition) is 0. The van der Waals surface area contributed by atoms with Crippen LogP contribution in [0.4, 0.5) is 0 Å². The average molecular weight is 446 g/mol. The maximum Gasteiger partial charge on any atom is 0.359 e. The Kier molecular flexibility index (Phi) is 5.47. The minimum Gasteiger partial charge on any atom is -0.493 e. The van der Waals surface area contributed by atoms with Gasteiger partial charge in [0.1, 0.15) is 0 Å². The highest BCUT2D eigenvalue weighted by Crippen LogP contribution is 2.35. The van der Waals surface area contributed by atoms with Crippen molar-refractivity contribution in [2.45, 2.75) is 25.5 Å². The molecule has 0 aliphatic heterocycles. The highest BCUT2D eigenvalue weighted by atomic mass is 16.5. The molecule has 168 valence electrons. The molecule has 2 aromatic carbocycles. The second kappa shape index (κ2) is 8.73. The first-order chi connectivity index (χ1) is 16.2. The van der Waals surface area contributed by atoms with Crippen molar-refractivity contribution in [2.24, 2.45) is 0 Å². The lowest BCUT2D eigenvalue weighted by atomic mass is 10.1. The third-order valence-electron chi connectivity index (χ3n) is 5.41. The Morgan fingerprint density at radius 1 is 1.06 bits per heavy atom. The number of esters is 1. The summed E-state index contributed by atoms with van der Waals surface area (Å²) in [5.41, 5.74) is 2.34. The van der Waals surface area contributed by atoms with E-state index in [1.165, 1.54) is 0 Å². The molecule has 4 aromatic rings. The topological polar surface area (TPSA) is 106 Å². The van der Waals surface area contributed by atoms with Crippen LogP contribution in [-0.2, 0) is 11.3 Å². The predicted molar refractivity (Wildman–Crippen MR) is 117 cm³/mol. The molecule has 2 heterocycles. The highest BCUT2D eigenvalue weighted by molar-refractivity contribution is 5.95. The number of aromatic nitrogens is 6. The smallest absolute Gasteiger partial charge is 0.359 e. The predicted octanol–water partition coefficient (Wildman–Crippen LogP) is 3.23. The Hall–Kier alpha value is -4.21. The van der Waals surface area contributed by atoms with Crippen LogP contribution in [0.15, 0.2) is 54.7 Å². The summed E-state index contributed by atoms with van der Waals surface area (Å²) < 4.78 is 19.7. The van der Waals surface area contributed by atoms with E-state index in [2.05, 4.69) is 20.6 Å². The van der Waals surface area contributed by atoms with Gasteiger partial charge in [0, 0.05) is 11.8 Å². The van der Waals surface area contributed by atoms with Crippen molar-refractivity contribution in [2.75, 3.05) is 14.2 Å². The van der Waals surface area contributed by atoms with Crippen molar-refractivity contribution < 1.29 is 19.0 Å². The summed E-state index contributed by atoms with van der Waals surface area (Å²) in [5.74, 6) is 1.08. The average Bonchev–Trinajstić information content (AvgIpc) is 3.42. The monoisotopic (exact) mass is 446 g/mol. The first-order valence-corrected chi connectivity index (χ1v) is 10.5. The van der Waals surface area contributed by atoms with Crippen LogP contribution in [0.25, 0.3) is 16.8 Å². The van der Waals surface area contributed by atoms with Crippen LogP contribution in [0.1, 0.15) is 35.2 Å². The molecule has 2 aromatic heterocycles. The van der Waals surface area contributed by atoms with Crippen LogP contribution >= 0.6 is 0 Å². The third kappa shape index (κ3) is 4.14. The Labute approximate surface area is 189 Å². The van der Waals surface area contributed by atoms with Gasteiger partial charge in [-0.15, -0.1) is 5.10 Å². The molecule has 10 nitrogen and oxygen atoms in total. The first-order valence-electron chi connectivity index (χ1n) is 10.5. The van der Waals surface area contributed by atoms with Gasteiger partial charge >= 0.3 is 5.97 Å². The molecule has 1 aliphatic rings. The number of rotatable bonds is 8. The maximum absolute atomic E-state index is 13.1. The lowest BCUT2D eigenvalue weighted by Crippen LogP contribution is -2.12. The fraction of sp³-hybridized carbons (Fsp3) is 0.261. The largest absolute Gasteiger partial charge is 0.493 e. The fourth-order valence-electron chi connectivity index (χ4n) is 3.56. The molecule has 5 rings (SSSR count).